The summed E-state index contributed by atoms with van der Waals surface area (Å²) >= 11 is 0. The topological polar surface area (TPSA) is 98.4 Å². The van der Waals surface area contributed by atoms with E-state index in [-0.39, 0.29) is 17.9 Å². The number of hydrogen-bond donors (Lipinski definition) is 1. The first kappa shape index (κ1) is 24.9. The number of ketones is 1. The maximum atomic E-state index is 13.3. The second kappa shape index (κ2) is 11.0. The van der Waals surface area contributed by atoms with Gasteiger partial charge in [0, 0.05) is 5.56 Å². The molecule has 0 radical (unpaired) electrons. The lowest BCUT2D eigenvalue weighted by Gasteiger charge is -2.25. The second-order valence-corrected chi connectivity index (χ2v) is 8.35. The molecule has 1 unspecified atom stereocenters. The lowest BCUT2D eigenvalue weighted by Crippen LogP contribution is -2.29. The number of rotatable bonds is 10. The van der Waals surface area contributed by atoms with E-state index in [1.54, 1.807) is 54.6 Å². The molecule has 8 nitrogen and oxygen atoms in total. The van der Waals surface area contributed by atoms with Gasteiger partial charge in [0.15, 0.2) is 11.5 Å². The molecule has 36 heavy (non-hydrogen) atoms. The Labute approximate surface area is 209 Å². The number of benzene rings is 2. The Bertz CT molecular complexity index is 1260. The van der Waals surface area contributed by atoms with Crippen LogP contribution in [0.15, 0.2) is 70.9 Å². The van der Waals surface area contributed by atoms with E-state index in [0.717, 1.165) is 12.8 Å². The Kier molecular flexibility index (Phi) is 7.63. The molecular formula is C28H29NO7. The molecule has 2 aromatic carbocycles. The van der Waals surface area contributed by atoms with Gasteiger partial charge in [-0.2, -0.15) is 0 Å². The van der Waals surface area contributed by atoms with Crippen molar-refractivity contribution in [2.75, 3.05) is 20.8 Å². The molecule has 2 heterocycles. The van der Waals surface area contributed by atoms with Gasteiger partial charge in [0.25, 0.3) is 11.7 Å². The zero-order valence-corrected chi connectivity index (χ0v) is 20.5. The van der Waals surface area contributed by atoms with Crippen molar-refractivity contribution < 1.29 is 33.3 Å². The molecule has 1 saturated heterocycles. The Morgan fingerprint density at radius 1 is 1.03 bits per heavy atom. The quantitative estimate of drug-likeness (QED) is 0.182. The smallest absolute Gasteiger partial charge is 0.296 e. The number of ether oxygens (including phenoxy) is 3. The molecule has 3 aromatic rings. The summed E-state index contributed by atoms with van der Waals surface area (Å²) in [6.07, 6.45) is 3.39. The zero-order valence-electron chi connectivity index (χ0n) is 20.5. The van der Waals surface area contributed by atoms with Crippen molar-refractivity contribution >= 4 is 17.4 Å². The van der Waals surface area contributed by atoms with Crippen LogP contribution in [0.25, 0.3) is 5.76 Å². The predicted molar refractivity (Wildman–Crippen MR) is 133 cm³/mol. The molecule has 1 aromatic heterocycles. The lowest BCUT2D eigenvalue weighted by atomic mass is 9.95. The number of carbonyl (C=O) groups is 2. The highest BCUT2D eigenvalue weighted by Crippen LogP contribution is 2.43. The summed E-state index contributed by atoms with van der Waals surface area (Å²) in [7, 11) is 3.04. The van der Waals surface area contributed by atoms with Crippen LogP contribution in [0, 0.1) is 0 Å². The normalized spacial score (nSPS) is 16.9. The second-order valence-electron chi connectivity index (χ2n) is 8.35. The minimum Gasteiger partial charge on any atom is -0.507 e. The van der Waals surface area contributed by atoms with E-state index < -0.39 is 17.7 Å². The van der Waals surface area contributed by atoms with Gasteiger partial charge in [0.2, 0.25) is 0 Å². The van der Waals surface area contributed by atoms with Gasteiger partial charge < -0.3 is 28.6 Å². The third kappa shape index (κ3) is 4.93. The van der Waals surface area contributed by atoms with Gasteiger partial charge in [-0.1, -0.05) is 31.5 Å². The minimum atomic E-state index is -0.875. The Morgan fingerprint density at radius 2 is 1.86 bits per heavy atom. The van der Waals surface area contributed by atoms with Crippen LogP contribution < -0.4 is 14.2 Å². The third-order valence-electron chi connectivity index (χ3n) is 6.05. The molecular weight excluding hydrogens is 462 g/mol. The number of hydrogen-bond acceptors (Lipinski definition) is 7. The van der Waals surface area contributed by atoms with Gasteiger partial charge in [-0.3, -0.25) is 9.59 Å². The van der Waals surface area contributed by atoms with Crippen LogP contribution in [0.4, 0.5) is 0 Å². The van der Waals surface area contributed by atoms with Gasteiger partial charge in [0.1, 0.15) is 17.3 Å². The number of methoxy groups -OCH3 is 2. The fraction of sp³-hybridized carbons (Fsp3) is 0.286. The van der Waals surface area contributed by atoms with Gasteiger partial charge in [-0.05, 0) is 48.4 Å². The van der Waals surface area contributed by atoms with E-state index in [1.807, 2.05) is 0 Å². The third-order valence-corrected chi connectivity index (χ3v) is 6.05. The van der Waals surface area contributed by atoms with E-state index in [1.165, 1.54) is 25.4 Å². The minimum absolute atomic E-state index is 0.0264. The monoisotopic (exact) mass is 491 g/mol. The summed E-state index contributed by atoms with van der Waals surface area (Å²) < 4.78 is 22.1. The number of likely N-dealkylation sites (tertiary alicyclic amines) is 1. The number of furan rings is 1. The molecule has 0 aliphatic carbocycles. The molecule has 1 fully saturated rings. The molecule has 0 spiro atoms. The summed E-state index contributed by atoms with van der Waals surface area (Å²) in [6, 6.07) is 14.5. The first-order valence-electron chi connectivity index (χ1n) is 11.7. The van der Waals surface area contributed by atoms with E-state index in [2.05, 4.69) is 6.92 Å². The van der Waals surface area contributed by atoms with E-state index in [9.17, 15) is 14.7 Å². The van der Waals surface area contributed by atoms with Gasteiger partial charge >= 0.3 is 0 Å². The van der Waals surface area contributed by atoms with Crippen LogP contribution in [-0.4, -0.2) is 42.5 Å². The summed E-state index contributed by atoms with van der Waals surface area (Å²) in [5.74, 6) is 0.239. The summed E-state index contributed by atoms with van der Waals surface area (Å²) in [5, 5.41) is 11.3. The first-order chi connectivity index (χ1) is 17.5. The van der Waals surface area contributed by atoms with Crippen molar-refractivity contribution in [2.24, 2.45) is 0 Å². The van der Waals surface area contributed by atoms with Crippen LogP contribution in [0.3, 0.4) is 0 Å². The van der Waals surface area contributed by atoms with Gasteiger partial charge in [0.05, 0.1) is 45.2 Å². The van der Waals surface area contributed by atoms with Crippen molar-refractivity contribution in [3.05, 3.63) is 83.3 Å². The summed E-state index contributed by atoms with van der Waals surface area (Å²) in [4.78, 5) is 27.8. The molecule has 8 heteroatoms. The molecule has 1 N–H and O–H groups in total. The van der Waals surface area contributed by atoms with Crippen molar-refractivity contribution in [1.82, 2.24) is 4.90 Å². The average Bonchev–Trinajstić information content (AvgIpc) is 3.51. The van der Waals surface area contributed by atoms with Crippen molar-refractivity contribution in [3.63, 3.8) is 0 Å². The molecule has 1 atom stereocenters. The van der Waals surface area contributed by atoms with Crippen molar-refractivity contribution in [1.29, 1.82) is 0 Å². The van der Waals surface area contributed by atoms with Crippen LogP contribution in [-0.2, 0) is 16.1 Å². The lowest BCUT2D eigenvalue weighted by molar-refractivity contribution is -0.140. The molecule has 0 bridgehead atoms. The summed E-state index contributed by atoms with van der Waals surface area (Å²) in [6.45, 7) is 2.67. The number of nitrogens with zero attached hydrogens (tertiary/aromatic N) is 1. The average molecular weight is 492 g/mol. The number of carbonyl (C=O) groups excluding carboxylic acids is 2. The molecule has 1 amide bonds. The van der Waals surface area contributed by atoms with Gasteiger partial charge in [-0.15, -0.1) is 0 Å². The molecule has 1 aliphatic rings. The fourth-order valence-electron chi connectivity index (χ4n) is 4.19. The number of unbranched alkanes of at least 4 members (excludes halogenated alkanes) is 1. The van der Waals surface area contributed by atoms with Crippen LogP contribution in [0.5, 0.6) is 17.2 Å². The van der Waals surface area contributed by atoms with E-state index >= 15 is 0 Å². The first-order valence-corrected chi connectivity index (χ1v) is 11.7. The van der Waals surface area contributed by atoms with Crippen LogP contribution in [0.2, 0.25) is 0 Å². The standard InChI is InChI=1S/C28H29NO7/c1-4-5-13-36-22-12-11-18(16-23(22)34-3)25-24(26(30)19-8-6-9-20(15-19)33-2)27(31)28(32)29(25)17-21-10-7-14-35-21/h6-12,14-16,25,30H,4-5,13,17H2,1-3H3. The molecule has 1 aliphatic heterocycles. The number of aliphatic hydroxyl groups is 1. The predicted octanol–water partition coefficient (Wildman–Crippen LogP) is 5.10. The van der Waals surface area contributed by atoms with E-state index in [4.69, 9.17) is 18.6 Å². The Hall–Kier alpha value is -4.20. The summed E-state index contributed by atoms with van der Waals surface area (Å²) in [5.41, 5.74) is 0.924. The van der Waals surface area contributed by atoms with Crippen LogP contribution in [0.1, 0.15) is 42.7 Å². The SMILES string of the molecule is CCCCOc1ccc(C2C(=C(O)c3cccc(OC)c3)C(=O)C(=O)N2Cc2ccco2)cc1OC. The van der Waals surface area contributed by atoms with Crippen molar-refractivity contribution in [2.45, 2.75) is 32.4 Å². The highest BCUT2D eigenvalue weighted by atomic mass is 16.5. The van der Waals surface area contributed by atoms with Crippen molar-refractivity contribution in [3.8, 4) is 17.2 Å². The zero-order chi connectivity index (χ0) is 25.7. The molecule has 4 rings (SSSR count). The number of amides is 1. The Morgan fingerprint density at radius 3 is 2.56 bits per heavy atom. The van der Waals surface area contributed by atoms with Crippen LogP contribution >= 0.6 is 0 Å². The number of Topliss-reactive ketones (excluding diaryl/α,β-unsaturated/α-hetero) is 1. The maximum Gasteiger partial charge on any atom is 0.296 e. The van der Waals surface area contributed by atoms with E-state index in [0.29, 0.717) is 40.7 Å². The fourth-order valence-corrected chi connectivity index (χ4v) is 4.19. The highest BCUT2D eigenvalue weighted by Gasteiger charge is 2.46. The number of aliphatic hydroxyl groups excluding tert-OH is 1. The van der Waals surface area contributed by atoms with Gasteiger partial charge in [-0.25, -0.2) is 0 Å². The highest BCUT2D eigenvalue weighted by molar-refractivity contribution is 6.46. The maximum absolute atomic E-state index is 13.3. The largest absolute Gasteiger partial charge is 0.507 e. The molecule has 0 saturated carbocycles. The Balaban J connectivity index is 1.83. The molecule has 188 valence electrons.